The van der Waals surface area contributed by atoms with Gasteiger partial charge in [0.25, 0.3) is 0 Å². The zero-order chi connectivity index (χ0) is 37.5. The number of nitrogens with zero attached hydrogens (tertiary/aromatic N) is 4. The summed E-state index contributed by atoms with van der Waals surface area (Å²) < 4.78 is 15.7. The fourth-order valence-electron chi connectivity index (χ4n) is 8.46. The first-order valence-corrected chi connectivity index (χ1v) is 19.0. The second-order valence-corrected chi connectivity index (χ2v) is 14.4. The Bertz CT molecular complexity index is 3410. The van der Waals surface area contributed by atoms with Crippen LogP contribution in [0, 0.1) is 0 Å². The normalized spacial score (nSPS) is 11.9. The van der Waals surface area contributed by atoms with Gasteiger partial charge in [-0.05, 0) is 48.0 Å². The van der Waals surface area contributed by atoms with E-state index in [9.17, 15) is 0 Å². The molecule has 0 spiro atoms. The molecule has 4 aromatic heterocycles. The third kappa shape index (κ3) is 4.94. The number of rotatable bonds is 5. The van der Waals surface area contributed by atoms with Crippen molar-refractivity contribution in [3.63, 3.8) is 0 Å². The second-order valence-electron chi connectivity index (χ2n) is 14.4. The molecule has 0 bridgehead atoms. The summed E-state index contributed by atoms with van der Waals surface area (Å²) in [7, 11) is 0. The van der Waals surface area contributed by atoms with Crippen LogP contribution in [0.4, 0.5) is 0 Å². The average Bonchev–Trinajstić information content (AvgIpc) is 3.96. The number of benzene rings is 8. The minimum absolute atomic E-state index is 0.588. The number of aromatic nitrogens is 4. The van der Waals surface area contributed by atoms with Crippen LogP contribution in [0.15, 0.2) is 191 Å². The summed E-state index contributed by atoms with van der Waals surface area (Å²) in [6.45, 7) is 0. The largest absolute Gasteiger partial charge is 0.456 e. The average molecular weight is 731 g/mol. The van der Waals surface area contributed by atoms with Crippen LogP contribution in [0.25, 0.3) is 117 Å². The lowest BCUT2D eigenvalue weighted by atomic mass is 9.99. The molecule has 0 unspecified atom stereocenters. The smallest absolute Gasteiger partial charge is 0.164 e. The van der Waals surface area contributed by atoms with Gasteiger partial charge in [0.2, 0.25) is 0 Å². The zero-order valence-corrected chi connectivity index (χ0v) is 30.4. The summed E-state index contributed by atoms with van der Waals surface area (Å²) >= 11 is 0. The van der Waals surface area contributed by atoms with E-state index in [4.69, 9.17) is 23.8 Å². The van der Waals surface area contributed by atoms with E-state index in [1.54, 1.807) is 0 Å². The van der Waals surface area contributed by atoms with Gasteiger partial charge in [0.15, 0.2) is 17.5 Å². The Morgan fingerprint density at radius 2 is 0.912 bits per heavy atom. The quantitative estimate of drug-likeness (QED) is 0.176. The van der Waals surface area contributed by atoms with Crippen molar-refractivity contribution in [1.82, 2.24) is 19.5 Å². The lowest BCUT2D eigenvalue weighted by Crippen LogP contribution is -2.00. The Morgan fingerprint density at radius 3 is 1.61 bits per heavy atom. The van der Waals surface area contributed by atoms with Crippen molar-refractivity contribution in [1.29, 1.82) is 0 Å². The molecule has 0 aliphatic carbocycles. The number of furan rings is 2. The van der Waals surface area contributed by atoms with E-state index in [0.29, 0.717) is 17.5 Å². The van der Waals surface area contributed by atoms with Gasteiger partial charge in [-0.1, -0.05) is 133 Å². The highest BCUT2D eigenvalue weighted by molar-refractivity contribution is 6.16. The lowest BCUT2D eigenvalue weighted by molar-refractivity contribution is 0.668. The molecule has 12 rings (SSSR count). The molecule has 8 aromatic carbocycles. The van der Waals surface area contributed by atoms with Crippen LogP contribution in [0.1, 0.15) is 0 Å². The van der Waals surface area contributed by atoms with Crippen LogP contribution in [-0.2, 0) is 0 Å². The predicted molar refractivity (Wildman–Crippen MR) is 230 cm³/mol. The van der Waals surface area contributed by atoms with Crippen molar-refractivity contribution in [2.75, 3.05) is 0 Å². The molecule has 0 N–H and O–H groups in total. The van der Waals surface area contributed by atoms with E-state index in [1.807, 2.05) is 72.8 Å². The van der Waals surface area contributed by atoms with Gasteiger partial charge in [0.05, 0.1) is 11.0 Å². The van der Waals surface area contributed by atoms with Gasteiger partial charge >= 0.3 is 0 Å². The molecule has 6 nitrogen and oxygen atoms in total. The molecule has 0 saturated carbocycles. The third-order valence-electron chi connectivity index (χ3n) is 11.1. The first-order chi connectivity index (χ1) is 28.2. The minimum Gasteiger partial charge on any atom is -0.456 e. The van der Waals surface area contributed by atoms with Gasteiger partial charge in [-0.25, -0.2) is 15.0 Å². The molecule has 12 aromatic rings. The number of fused-ring (bicyclic) bond motifs is 9. The number of hydrogen-bond acceptors (Lipinski definition) is 5. The van der Waals surface area contributed by atoms with E-state index < -0.39 is 0 Å². The Morgan fingerprint density at radius 1 is 0.351 bits per heavy atom. The van der Waals surface area contributed by atoms with E-state index in [1.165, 1.54) is 21.8 Å². The van der Waals surface area contributed by atoms with Gasteiger partial charge in [0, 0.05) is 66.3 Å². The molecule has 0 saturated heterocycles. The van der Waals surface area contributed by atoms with Crippen LogP contribution in [0.5, 0.6) is 0 Å². The lowest BCUT2D eigenvalue weighted by Gasteiger charge is -2.09. The highest BCUT2D eigenvalue weighted by atomic mass is 16.3. The van der Waals surface area contributed by atoms with Crippen LogP contribution in [-0.4, -0.2) is 19.5 Å². The molecule has 0 amide bonds. The fraction of sp³-hybridized carbons (Fsp3) is 0. The van der Waals surface area contributed by atoms with Crippen LogP contribution in [0.2, 0.25) is 0 Å². The maximum absolute atomic E-state index is 6.72. The summed E-state index contributed by atoms with van der Waals surface area (Å²) in [5, 5.41) is 6.56. The van der Waals surface area contributed by atoms with Crippen LogP contribution >= 0.6 is 0 Å². The zero-order valence-electron chi connectivity index (χ0n) is 30.4. The number of hydrogen-bond donors (Lipinski definition) is 0. The molecule has 0 fully saturated rings. The Balaban J connectivity index is 0.994. The standard InChI is InChI=1S/C51H30N4O2/c1-3-13-31(14-4-1)49-52-50(32-15-5-2-6-16-32)54-51(53-49)41-21-12-24-44-47(41)40-20-11-19-35(48(40)57-44)33-25-27-38-39-28-26-34(30-46(39)56-45(38)29-33)55-42-22-9-7-17-36(42)37-18-8-10-23-43(37)55/h1-30H. The molecule has 0 radical (unpaired) electrons. The van der Waals surface area contributed by atoms with Crippen molar-refractivity contribution in [2.45, 2.75) is 0 Å². The maximum Gasteiger partial charge on any atom is 0.164 e. The molecule has 0 aliphatic heterocycles. The van der Waals surface area contributed by atoms with Gasteiger partial charge in [-0.3, -0.25) is 0 Å². The van der Waals surface area contributed by atoms with Crippen molar-refractivity contribution in [3.05, 3.63) is 182 Å². The van der Waals surface area contributed by atoms with Crippen molar-refractivity contribution in [3.8, 4) is 51.0 Å². The Hall–Kier alpha value is -7.83. The van der Waals surface area contributed by atoms with E-state index >= 15 is 0 Å². The highest BCUT2D eigenvalue weighted by Crippen LogP contribution is 2.42. The Kier molecular flexibility index (Phi) is 6.83. The topological polar surface area (TPSA) is 69.9 Å². The molecule has 0 aliphatic rings. The highest BCUT2D eigenvalue weighted by Gasteiger charge is 2.20. The van der Waals surface area contributed by atoms with Crippen molar-refractivity contribution < 1.29 is 8.83 Å². The van der Waals surface area contributed by atoms with Gasteiger partial charge in [-0.2, -0.15) is 0 Å². The fourth-order valence-corrected chi connectivity index (χ4v) is 8.46. The van der Waals surface area contributed by atoms with Gasteiger partial charge < -0.3 is 13.4 Å². The van der Waals surface area contributed by atoms with Crippen LogP contribution < -0.4 is 0 Å². The molecule has 266 valence electrons. The molecule has 6 heteroatoms. The van der Waals surface area contributed by atoms with Crippen molar-refractivity contribution in [2.24, 2.45) is 0 Å². The Labute approximate surface area is 325 Å². The molecular weight excluding hydrogens is 701 g/mol. The molecule has 4 heterocycles. The molecule has 57 heavy (non-hydrogen) atoms. The first-order valence-electron chi connectivity index (χ1n) is 19.0. The summed E-state index contributed by atoms with van der Waals surface area (Å²) in [5.41, 5.74) is 11.3. The van der Waals surface area contributed by atoms with Crippen molar-refractivity contribution >= 4 is 65.7 Å². The summed E-state index contributed by atoms with van der Waals surface area (Å²) in [6, 6.07) is 62.6. The predicted octanol–water partition coefficient (Wildman–Crippen LogP) is 13.4. The monoisotopic (exact) mass is 730 g/mol. The summed E-state index contributed by atoms with van der Waals surface area (Å²) in [6.07, 6.45) is 0. The van der Waals surface area contributed by atoms with E-state index in [0.717, 1.165) is 77.4 Å². The third-order valence-corrected chi connectivity index (χ3v) is 11.1. The maximum atomic E-state index is 6.72. The summed E-state index contributed by atoms with van der Waals surface area (Å²) in [5.74, 6) is 1.82. The summed E-state index contributed by atoms with van der Waals surface area (Å²) in [4.78, 5) is 15.0. The molecule has 0 atom stereocenters. The number of para-hydroxylation sites is 3. The van der Waals surface area contributed by atoms with E-state index in [2.05, 4.69) is 114 Å². The first kappa shape index (κ1) is 31.5. The van der Waals surface area contributed by atoms with Crippen LogP contribution in [0.3, 0.4) is 0 Å². The van der Waals surface area contributed by atoms with E-state index in [-0.39, 0.29) is 0 Å². The SMILES string of the molecule is c1ccc(-c2nc(-c3ccccc3)nc(-c3cccc4oc5c(-c6ccc7c(c6)oc6cc(-n8c9ccccc9c9ccccc98)ccc67)cccc5c34)n2)cc1. The van der Waals surface area contributed by atoms with Gasteiger partial charge in [-0.15, -0.1) is 0 Å². The van der Waals surface area contributed by atoms with Gasteiger partial charge in [0.1, 0.15) is 22.3 Å². The minimum atomic E-state index is 0.588. The second kappa shape index (κ2) is 12.3. The molecular formula is C51H30N4O2.